The summed E-state index contributed by atoms with van der Waals surface area (Å²) in [6.45, 7) is 2.93. The molecule has 0 unspecified atom stereocenters. The average Bonchev–Trinajstić information content (AvgIpc) is 3.25. The van der Waals surface area contributed by atoms with Gasteiger partial charge < -0.3 is 10.1 Å². The molecule has 4 rings (SSSR count). The molecule has 0 spiro atoms. The van der Waals surface area contributed by atoms with Crippen LogP contribution in [0.3, 0.4) is 0 Å². The number of nitrogens with zero attached hydrogens (tertiary/aromatic N) is 3. The fourth-order valence-corrected chi connectivity index (χ4v) is 4.18. The average molecular weight is 344 g/mol. The van der Waals surface area contributed by atoms with Gasteiger partial charge in [0.2, 0.25) is 0 Å². The van der Waals surface area contributed by atoms with E-state index in [1.165, 1.54) is 5.56 Å². The molecule has 1 N–H and O–H groups in total. The quantitative estimate of drug-likeness (QED) is 0.920. The number of hydrogen-bond acceptors (Lipinski definition) is 6. The zero-order chi connectivity index (χ0) is 16.4. The van der Waals surface area contributed by atoms with Gasteiger partial charge in [-0.2, -0.15) is 11.3 Å². The number of amides is 1. The molecule has 1 amide bonds. The van der Waals surface area contributed by atoms with Crippen molar-refractivity contribution < 1.29 is 9.53 Å². The standard InChI is InChI=1S/C17H20N4O2S/c22-17(20-16-8-18-3-4-19-16)14-7-13-1-5-21(10-15(13)23-14)9-12-2-6-24-11-12/h2-4,6,8,11,13-15H,1,5,7,9-10H2,(H,19,20,22)/t13-,14-,15+/m0/s1. The molecule has 3 atom stereocenters. The van der Waals surface area contributed by atoms with Crippen LogP contribution < -0.4 is 5.32 Å². The van der Waals surface area contributed by atoms with Crippen LogP contribution in [0.5, 0.6) is 0 Å². The number of piperidine rings is 1. The Morgan fingerprint density at radius 1 is 1.46 bits per heavy atom. The number of nitrogens with one attached hydrogen (secondary N) is 1. The third kappa shape index (κ3) is 3.48. The highest BCUT2D eigenvalue weighted by atomic mass is 32.1. The first-order chi connectivity index (χ1) is 11.8. The monoisotopic (exact) mass is 344 g/mol. The molecule has 2 aromatic heterocycles. The second-order valence-electron chi connectivity index (χ2n) is 6.39. The molecule has 2 saturated heterocycles. The van der Waals surface area contributed by atoms with Gasteiger partial charge in [0, 0.05) is 25.5 Å². The van der Waals surface area contributed by atoms with Gasteiger partial charge in [0.15, 0.2) is 5.82 Å². The van der Waals surface area contributed by atoms with E-state index in [9.17, 15) is 4.79 Å². The normalized spacial score (nSPS) is 26.9. The first kappa shape index (κ1) is 15.7. The summed E-state index contributed by atoms with van der Waals surface area (Å²) in [5.41, 5.74) is 1.35. The first-order valence-corrected chi connectivity index (χ1v) is 9.18. The molecule has 0 saturated carbocycles. The van der Waals surface area contributed by atoms with Crippen molar-refractivity contribution in [1.29, 1.82) is 0 Å². The Morgan fingerprint density at radius 3 is 3.21 bits per heavy atom. The number of carbonyl (C=O) groups is 1. The summed E-state index contributed by atoms with van der Waals surface area (Å²) in [4.78, 5) is 22.8. The Balaban J connectivity index is 1.33. The fraction of sp³-hybridized carbons (Fsp3) is 0.471. The molecule has 24 heavy (non-hydrogen) atoms. The van der Waals surface area contributed by atoms with Gasteiger partial charge in [-0.1, -0.05) is 0 Å². The van der Waals surface area contributed by atoms with E-state index in [1.54, 1.807) is 29.9 Å². The number of aromatic nitrogens is 2. The lowest BCUT2D eigenvalue weighted by molar-refractivity contribution is -0.127. The van der Waals surface area contributed by atoms with Crippen LogP contribution in [0.25, 0.3) is 0 Å². The van der Waals surface area contributed by atoms with Gasteiger partial charge in [0.1, 0.15) is 6.10 Å². The van der Waals surface area contributed by atoms with Crippen molar-refractivity contribution >= 4 is 23.1 Å². The van der Waals surface area contributed by atoms with Crippen molar-refractivity contribution in [2.75, 3.05) is 18.4 Å². The maximum absolute atomic E-state index is 12.4. The predicted molar refractivity (Wildman–Crippen MR) is 91.6 cm³/mol. The van der Waals surface area contributed by atoms with Crippen LogP contribution >= 0.6 is 11.3 Å². The van der Waals surface area contributed by atoms with Crippen LogP contribution in [0.4, 0.5) is 5.82 Å². The fourth-order valence-electron chi connectivity index (χ4n) is 3.52. The van der Waals surface area contributed by atoms with E-state index in [-0.39, 0.29) is 18.1 Å². The van der Waals surface area contributed by atoms with Gasteiger partial charge in [0.25, 0.3) is 5.91 Å². The van der Waals surface area contributed by atoms with Crippen LogP contribution in [0.2, 0.25) is 0 Å². The minimum Gasteiger partial charge on any atom is -0.364 e. The summed E-state index contributed by atoms with van der Waals surface area (Å²) in [5, 5.41) is 7.10. The second kappa shape index (κ2) is 6.96. The number of likely N-dealkylation sites (tertiary alicyclic amines) is 1. The largest absolute Gasteiger partial charge is 0.364 e. The molecule has 0 aliphatic carbocycles. The molecule has 0 radical (unpaired) electrons. The minimum absolute atomic E-state index is 0.116. The van der Waals surface area contributed by atoms with Gasteiger partial charge in [0.05, 0.1) is 12.3 Å². The van der Waals surface area contributed by atoms with E-state index < -0.39 is 0 Å². The second-order valence-corrected chi connectivity index (χ2v) is 7.17. The summed E-state index contributed by atoms with van der Waals surface area (Å²) in [7, 11) is 0. The zero-order valence-corrected chi connectivity index (χ0v) is 14.1. The highest BCUT2D eigenvalue weighted by Crippen LogP contribution is 2.34. The third-order valence-electron chi connectivity index (χ3n) is 4.73. The van der Waals surface area contributed by atoms with Crippen LogP contribution in [-0.2, 0) is 16.1 Å². The summed E-state index contributed by atoms with van der Waals surface area (Å²) >= 11 is 1.73. The van der Waals surface area contributed by atoms with Crippen LogP contribution in [0, 0.1) is 5.92 Å². The van der Waals surface area contributed by atoms with Crippen LogP contribution in [0.15, 0.2) is 35.4 Å². The lowest BCUT2D eigenvalue weighted by atomic mass is 9.91. The maximum atomic E-state index is 12.4. The molecule has 0 aromatic carbocycles. The van der Waals surface area contributed by atoms with Crippen molar-refractivity contribution in [2.45, 2.75) is 31.6 Å². The van der Waals surface area contributed by atoms with Gasteiger partial charge in [-0.05, 0) is 47.7 Å². The summed E-state index contributed by atoms with van der Waals surface area (Å²) in [5.74, 6) is 0.829. The Labute approximate surface area is 144 Å². The minimum atomic E-state index is -0.386. The van der Waals surface area contributed by atoms with Gasteiger partial charge in [-0.3, -0.25) is 14.7 Å². The van der Waals surface area contributed by atoms with E-state index in [2.05, 4.69) is 37.0 Å². The van der Waals surface area contributed by atoms with Crippen molar-refractivity contribution in [1.82, 2.24) is 14.9 Å². The number of fused-ring (bicyclic) bond motifs is 1. The Hall–Kier alpha value is -1.83. The Bertz CT molecular complexity index is 679. The molecule has 7 heteroatoms. The molecule has 2 aliphatic rings. The lowest BCUT2D eigenvalue weighted by Gasteiger charge is -2.33. The van der Waals surface area contributed by atoms with E-state index >= 15 is 0 Å². The Kier molecular flexibility index (Phi) is 4.55. The molecule has 2 aliphatic heterocycles. The lowest BCUT2D eigenvalue weighted by Crippen LogP contribution is -2.41. The number of thiophene rings is 1. The van der Waals surface area contributed by atoms with Gasteiger partial charge >= 0.3 is 0 Å². The molecule has 2 fully saturated rings. The summed E-state index contributed by atoms with van der Waals surface area (Å²) in [6.07, 6.45) is 6.33. The first-order valence-electron chi connectivity index (χ1n) is 8.24. The predicted octanol–water partition coefficient (Wildman–Crippen LogP) is 2.16. The number of anilines is 1. The number of ether oxygens (including phenoxy) is 1. The highest BCUT2D eigenvalue weighted by Gasteiger charge is 2.41. The molecule has 0 bridgehead atoms. The van der Waals surface area contributed by atoms with Crippen molar-refractivity contribution in [2.24, 2.45) is 5.92 Å². The van der Waals surface area contributed by atoms with E-state index in [0.29, 0.717) is 11.7 Å². The number of carbonyl (C=O) groups excluding carboxylic acids is 1. The number of rotatable bonds is 4. The zero-order valence-electron chi connectivity index (χ0n) is 13.3. The molecule has 2 aromatic rings. The van der Waals surface area contributed by atoms with Crippen molar-refractivity contribution in [3.63, 3.8) is 0 Å². The maximum Gasteiger partial charge on any atom is 0.254 e. The molecule has 126 valence electrons. The van der Waals surface area contributed by atoms with Crippen molar-refractivity contribution in [3.8, 4) is 0 Å². The third-order valence-corrected chi connectivity index (χ3v) is 5.46. The van der Waals surface area contributed by atoms with Crippen molar-refractivity contribution in [3.05, 3.63) is 41.0 Å². The molecular weight excluding hydrogens is 324 g/mol. The summed E-state index contributed by atoms with van der Waals surface area (Å²) < 4.78 is 6.05. The smallest absolute Gasteiger partial charge is 0.254 e. The topological polar surface area (TPSA) is 67.4 Å². The van der Waals surface area contributed by atoms with E-state index in [4.69, 9.17) is 4.74 Å². The molecule has 6 nitrogen and oxygen atoms in total. The van der Waals surface area contributed by atoms with Gasteiger partial charge in [-0.25, -0.2) is 4.98 Å². The Morgan fingerprint density at radius 2 is 2.42 bits per heavy atom. The van der Waals surface area contributed by atoms with E-state index in [1.807, 2.05) is 0 Å². The highest BCUT2D eigenvalue weighted by molar-refractivity contribution is 7.07. The molecule has 4 heterocycles. The van der Waals surface area contributed by atoms with Crippen LogP contribution in [-0.4, -0.2) is 46.1 Å². The van der Waals surface area contributed by atoms with E-state index in [0.717, 1.165) is 32.5 Å². The SMILES string of the molecule is O=C(Nc1cnccn1)[C@@H]1C[C@@H]2CCN(Cc3ccsc3)C[C@H]2O1. The van der Waals surface area contributed by atoms with Gasteiger partial charge in [-0.15, -0.1) is 0 Å². The molecular formula is C17H20N4O2S. The summed E-state index contributed by atoms with van der Waals surface area (Å²) in [6, 6.07) is 2.17. The van der Waals surface area contributed by atoms with Crippen LogP contribution in [0.1, 0.15) is 18.4 Å². The number of hydrogen-bond donors (Lipinski definition) is 1.